The van der Waals surface area contributed by atoms with Crippen molar-refractivity contribution in [2.75, 3.05) is 0 Å². The van der Waals surface area contributed by atoms with Crippen molar-refractivity contribution in [1.29, 1.82) is 0 Å². The number of pyridine rings is 1. The van der Waals surface area contributed by atoms with Crippen molar-refractivity contribution in [2.24, 2.45) is 12.8 Å². The summed E-state index contributed by atoms with van der Waals surface area (Å²) in [5.41, 5.74) is 6.70. The Hall–Kier alpha value is -1.75. The lowest BCUT2D eigenvalue weighted by Gasteiger charge is -2.10. The molecule has 0 aromatic carbocycles. The highest BCUT2D eigenvalue weighted by Crippen LogP contribution is 2.14. The van der Waals surface area contributed by atoms with Gasteiger partial charge >= 0.3 is 0 Å². The summed E-state index contributed by atoms with van der Waals surface area (Å²) in [7, 11) is 1.95. The van der Waals surface area contributed by atoms with Crippen molar-refractivity contribution < 1.29 is 4.39 Å². The Morgan fingerprint density at radius 2 is 2.24 bits per heavy atom. The van der Waals surface area contributed by atoms with Gasteiger partial charge in [0.15, 0.2) is 0 Å². The van der Waals surface area contributed by atoms with E-state index in [4.69, 9.17) is 5.73 Å². The summed E-state index contributed by atoms with van der Waals surface area (Å²) >= 11 is 0. The van der Waals surface area contributed by atoms with E-state index in [9.17, 15) is 4.39 Å². The first kappa shape index (κ1) is 11.7. The molecule has 0 aliphatic rings. The Labute approximate surface area is 99.3 Å². The predicted molar refractivity (Wildman–Crippen MR) is 62.7 cm³/mol. The number of hydrogen-bond acceptors (Lipinski definition) is 3. The largest absolute Gasteiger partial charge is 0.338 e. The summed E-state index contributed by atoms with van der Waals surface area (Å²) in [5, 5.41) is 0. The zero-order chi connectivity index (χ0) is 12.3. The van der Waals surface area contributed by atoms with Crippen LogP contribution in [0, 0.1) is 5.82 Å². The molecule has 0 fully saturated rings. The summed E-state index contributed by atoms with van der Waals surface area (Å²) in [6.45, 7) is 0. The zero-order valence-electron chi connectivity index (χ0n) is 9.68. The topological polar surface area (TPSA) is 56.7 Å². The maximum atomic E-state index is 12.7. The van der Waals surface area contributed by atoms with Crippen molar-refractivity contribution in [2.45, 2.75) is 18.9 Å². The lowest BCUT2D eigenvalue weighted by Crippen LogP contribution is -2.14. The van der Waals surface area contributed by atoms with Gasteiger partial charge in [-0.3, -0.25) is 4.98 Å². The number of imidazole rings is 1. The normalized spacial score (nSPS) is 12.6. The summed E-state index contributed by atoms with van der Waals surface area (Å²) < 4.78 is 14.7. The van der Waals surface area contributed by atoms with Crippen LogP contribution < -0.4 is 5.73 Å². The minimum absolute atomic E-state index is 0.188. The molecule has 90 valence electrons. The molecule has 2 aromatic heterocycles. The van der Waals surface area contributed by atoms with Gasteiger partial charge in [0.2, 0.25) is 0 Å². The van der Waals surface area contributed by atoms with E-state index in [2.05, 4.69) is 9.97 Å². The zero-order valence-corrected chi connectivity index (χ0v) is 9.68. The van der Waals surface area contributed by atoms with Gasteiger partial charge in [-0.25, -0.2) is 9.37 Å². The Bertz CT molecular complexity index is 478. The van der Waals surface area contributed by atoms with Crippen LogP contribution in [0.4, 0.5) is 4.39 Å². The van der Waals surface area contributed by atoms with E-state index < -0.39 is 0 Å². The molecule has 0 amide bonds. The van der Waals surface area contributed by atoms with Gasteiger partial charge in [0, 0.05) is 31.9 Å². The van der Waals surface area contributed by atoms with Crippen molar-refractivity contribution >= 4 is 0 Å². The average Bonchev–Trinajstić information content (AvgIpc) is 2.73. The van der Waals surface area contributed by atoms with Crippen LogP contribution in [0.2, 0.25) is 0 Å². The summed E-state index contributed by atoms with van der Waals surface area (Å²) in [6, 6.07) is 2.81. The first-order chi connectivity index (χ1) is 8.16. The molecule has 1 atom stereocenters. The first-order valence-corrected chi connectivity index (χ1v) is 5.50. The molecule has 1 unspecified atom stereocenters. The molecule has 0 saturated carbocycles. The minimum Gasteiger partial charge on any atom is -0.338 e. The summed E-state index contributed by atoms with van der Waals surface area (Å²) in [4.78, 5) is 8.20. The fourth-order valence-corrected chi connectivity index (χ4v) is 1.68. The highest BCUT2D eigenvalue weighted by molar-refractivity contribution is 5.09. The fraction of sp³-hybridized carbons (Fsp3) is 0.333. The third-order valence-corrected chi connectivity index (χ3v) is 2.73. The molecule has 17 heavy (non-hydrogen) atoms. The lowest BCUT2D eigenvalue weighted by molar-refractivity contribution is 0.590. The van der Waals surface area contributed by atoms with Crippen LogP contribution >= 0.6 is 0 Å². The molecule has 2 heterocycles. The van der Waals surface area contributed by atoms with Crippen molar-refractivity contribution in [1.82, 2.24) is 14.5 Å². The Morgan fingerprint density at radius 1 is 1.41 bits per heavy atom. The van der Waals surface area contributed by atoms with E-state index in [0.29, 0.717) is 5.69 Å². The van der Waals surface area contributed by atoms with E-state index in [1.165, 1.54) is 12.3 Å². The molecular formula is C12H15FN4. The quantitative estimate of drug-likeness (QED) is 0.874. The van der Waals surface area contributed by atoms with Crippen LogP contribution in [0.15, 0.2) is 30.7 Å². The minimum atomic E-state index is -0.343. The summed E-state index contributed by atoms with van der Waals surface area (Å²) in [5.74, 6) is 0.646. The number of rotatable bonds is 4. The maximum absolute atomic E-state index is 12.7. The van der Waals surface area contributed by atoms with E-state index in [1.54, 1.807) is 12.3 Å². The van der Waals surface area contributed by atoms with Gasteiger partial charge in [0.1, 0.15) is 11.6 Å². The third-order valence-electron chi connectivity index (χ3n) is 2.73. The molecule has 4 nitrogen and oxygen atoms in total. The maximum Gasteiger partial charge on any atom is 0.141 e. The second-order valence-electron chi connectivity index (χ2n) is 4.00. The third kappa shape index (κ3) is 2.88. The highest BCUT2D eigenvalue weighted by atomic mass is 19.1. The molecule has 2 N–H and O–H groups in total. The van der Waals surface area contributed by atoms with Crippen molar-refractivity contribution in [3.8, 4) is 0 Å². The van der Waals surface area contributed by atoms with Gasteiger partial charge in [-0.1, -0.05) is 0 Å². The molecule has 5 heteroatoms. The molecule has 0 aliphatic carbocycles. The van der Waals surface area contributed by atoms with Crippen LogP contribution in [-0.2, 0) is 13.5 Å². The van der Waals surface area contributed by atoms with Crippen molar-refractivity contribution in [3.05, 3.63) is 48.1 Å². The SMILES string of the molecule is Cn1ccnc1CCC(N)c1ccc(F)cn1. The van der Waals surface area contributed by atoms with Gasteiger partial charge in [-0.15, -0.1) is 0 Å². The van der Waals surface area contributed by atoms with Gasteiger partial charge in [-0.2, -0.15) is 0 Å². The Balaban J connectivity index is 1.95. The number of hydrogen-bond donors (Lipinski definition) is 1. The van der Waals surface area contributed by atoms with Gasteiger partial charge in [0.05, 0.1) is 11.9 Å². The molecule has 0 bridgehead atoms. The van der Waals surface area contributed by atoms with Gasteiger partial charge < -0.3 is 10.3 Å². The number of nitrogens with two attached hydrogens (primary N) is 1. The number of aryl methyl sites for hydroxylation is 2. The van der Waals surface area contributed by atoms with Gasteiger partial charge in [-0.05, 0) is 18.6 Å². The average molecular weight is 234 g/mol. The van der Waals surface area contributed by atoms with Crippen LogP contribution in [0.3, 0.4) is 0 Å². The first-order valence-electron chi connectivity index (χ1n) is 5.50. The Kier molecular flexibility index (Phi) is 3.49. The van der Waals surface area contributed by atoms with E-state index >= 15 is 0 Å². The standard InChI is InChI=1S/C12H15FN4/c1-17-7-6-15-12(17)5-3-10(14)11-4-2-9(13)8-16-11/h2,4,6-8,10H,3,5,14H2,1H3. The van der Waals surface area contributed by atoms with Crippen LogP contribution in [0.5, 0.6) is 0 Å². The van der Waals surface area contributed by atoms with Crippen LogP contribution in [-0.4, -0.2) is 14.5 Å². The molecule has 2 rings (SSSR count). The molecule has 0 aliphatic heterocycles. The van der Waals surface area contributed by atoms with E-state index in [0.717, 1.165) is 18.7 Å². The Morgan fingerprint density at radius 3 is 2.82 bits per heavy atom. The van der Waals surface area contributed by atoms with Crippen LogP contribution in [0.25, 0.3) is 0 Å². The molecule has 0 radical (unpaired) electrons. The number of aromatic nitrogens is 3. The second-order valence-corrected chi connectivity index (χ2v) is 4.00. The highest BCUT2D eigenvalue weighted by Gasteiger charge is 2.09. The molecule has 0 saturated heterocycles. The monoisotopic (exact) mass is 234 g/mol. The van der Waals surface area contributed by atoms with E-state index in [-0.39, 0.29) is 11.9 Å². The lowest BCUT2D eigenvalue weighted by atomic mass is 10.1. The predicted octanol–water partition coefficient (Wildman–Crippen LogP) is 1.59. The smallest absolute Gasteiger partial charge is 0.141 e. The molecule has 0 spiro atoms. The van der Waals surface area contributed by atoms with E-state index in [1.807, 2.05) is 17.8 Å². The van der Waals surface area contributed by atoms with Gasteiger partial charge in [0.25, 0.3) is 0 Å². The second kappa shape index (κ2) is 5.05. The number of halogens is 1. The number of nitrogens with zero attached hydrogens (tertiary/aromatic N) is 3. The van der Waals surface area contributed by atoms with Crippen molar-refractivity contribution in [3.63, 3.8) is 0 Å². The van der Waals surface area contributed by atoms with Crippen LogP contribution in [0.1, 0.15) is 24.0 Å². The summed E-state index contributed by atoms with van der Waals surface area (Å²) in [6.07, 6.45) is 6.37. The fourth-order valence-electron chi connectivity index (χ4n) is 1.68. The molecule has 2 aromatic rings. The molecular weight excluding hydrogens is 219 g/mol.